The van der Waals surface area contributed by atoms with Crippen LogP contribution < -0.4 is 10.1 Å². The molecule has 0 saturated heterocycles. The third kappa shape index (κ3) is 4.13. The van der Waals surface area contributed by atoms with E-state index in [1.165, 1.54) is 51.5 Å². The highest BCUT2D eigenvalue weighted by Crippen LogP contribution is 2.61. The van der Waals surface area contributed by atoms with Crippen LogP contribution in [0.1, 0.15) is 51.9 Å². The highest BCUT2D eigenvalue weighted by atomic mass is 16.6. The van der Waals surface area contributed by atoms with Crippen LogP contribution in [0.2, 0.25) is 0 Å². The van der Waals surface area contributed by atoms with Gasteiger partial charge < -0.3 is 14.8 Å². The van der Waals surface area contributed by atoms with Crippen molar-refractivity contribution in [3.8, 4) is 5.75 Å². The van der Waals surface area contributed by atoms with Gasteiger partial charge in [0.15, 0.2) is 6.10 Å². The number of nitro groups is 1. The normalized spacial score (nSPS) is 29.9. The van der Waals surface area contributed by atoms with E-state index in [-0.39, 0.29) is 28.5 Å². The van der Waals surface area contributed by atoms with Gasteiger partial charge >= 0.3 is 5.97 Å². The smallest absolute Gasteiger partial charge is 0.307 e. The average molecular weight is 416 g/mol. The van der Waals surface area contributed by atoms with E-state index >= 15 is 0 Å². The predicted octanol–water partition coefficient (Wildman–Crippen LogP) is 4.08. The topological polar surface area (TPSA) is 108 Å². The minimum Gasteiger partial charge on any atom is -0.494 e. The predicted molar refractivity (Wildman–Crippen MR) is 109 cm³/mol. The van der Waals surface area contributed by atoms with Crippen molar-refractivity contribution in [3.63, 3.8) is 0 Å². The van der Waals surface area contributed by atoms with Gasteiger partial charge in [0.2, 0.25) is 0 Å². The molecule has 4 bridgehead atoms. The third-order valence-electron chi connectivity index (χ3n) is 7.02. The van der Waals surface area contributed by atoms with E-state index in [0.717, 1.165) is 37.0 Å². The summed E-state index contributed by atoms with van der Waals surface area (Å²) in [6.07, 6.45) is 6.66. The van der Waals surface area contributed by atoms with Crippen LogP contribution in [0, 0.1) is 33.3 Å². The lowest BCUT2D eigenvalue weighted by Gasteiger charge is -2.56. The van der Waals surface area contributed by atoms with Crippen LogP contribution in [0.5, 0.6) is 5.75 Å². The molecule has 1 aromatic rings. The number of rotatable bonds is 7. The molecular weight excluding hydrogens is 388 g/mol. The van der Waals surface area contributed by atoms with Crippen molar-refractivity contribution in [3.05, 3.63) is 28.3 Å². The number of esters is 1. The number of non-ortho nitro benzene ring substituents is 1. The van der Waals surface area contributed by atoms with Crippen molar-refractivity contribution in [2.45, 2.75) is 58.0 Å². The first-order chi connectivity index (χ1) is 14.3. The van der Waals surface area contributed by atoms with Crippen molar-refractivity contribution in [2.24, 2.45) is 23.2 Å². The summed E-state index contributed by atoms with van der Waals surface area (Å²) in [6, 6.07) is 3.92. The number of carbonyl (C=O) groups excluding carboxylic acids is 2. The molecule has 1 amide bonds. The van der Waals surface area contributed by atoms with Crippen molar-refractivity contribution in [2.75, 3.05) is 12.4 Å². The van der Waals surface area contributed by atoms with Crippen molar-refractivity contribution < 1.29 is 24.0 Å². The molecule has 5 rings (SSSR count). The number of hydrogen-bond donors (Lipinski definition) is 1. The zero-order valence-electron chi connectivity index (χ0n) is 17.4. The number of nitrogens with zero attached hydrogens (tertiary/aromatic N) is 1. The first-order valence-corrected chi connectivity index (χ1v) is 10.6. The lowest BCUT2D eigenvalue weighted by atomic mass is 9.49. The number of nitro benzene ring substituents is 1. The van der Waals surface area contributed by atoms with Gasteiger partial charge in [-0.2, -0.15) is 0 Å². The molecule has 0 unspecified atom stereocenters. The number of methoxy groups -OCH3 is 1. The van der Waals surface area contributed by atoms with Crippen LogP contribution in [0.15, 0.2) is 18.2 Å². The quantitative estimate of drug-likeness (QED) is 0.408. The molecule has 0 aromatic heterocycles. The summed E-state index contributed by atoms with van der Waals surface area (Å²) in [7, 11) is 1.36. The fourth-order valence-corrected chi connectivity index (χ4v) is 6.24. The summed E-state index contributed by atoms with van der Waals surface area (Å²) < 4.78 is 10.6. The summed E-state index contributed by atoms with van der Waals surface area (Å²) in [5.41, 5.74) is 0.209. The van der Waals surface area contributed by atoms with Gasteiger partial charge in [0.25, 0.3) is 11.6 Å². The van der Waals surface area contributed by atoms with E-state index in [4.69, 9.17) is 9.47 Å². The van der Waals surface area contributed by atoms with Crippen molar-refractivity contribution >= 4 is 23.3 Å². The summed E-state index contributed by atoms with van der Waals surface area (Å²) in [4.78, 5) is 35.5. The maximum Gasteiger partial charge on any atom is 0.307 e. The first-order valence-electron chi connectivity index (χ1n) is 10.6. The van der Waals surface area contributed by atoms with Gasteiger partial charge in [0, 0.05) is 6.07 Å². The molecule has 162 valence electrons. The van der Waals surface area contributed by atoms with E-state index in [1.54, 1.807) is 0 Å². The minimum atomic E-state index is -0.966. The van der Waals surface area contributed by atoms with E-state index in [9.17, 15) is 19.7 Å². The van der Waals surface area contributed by atoms with Crippen LogP contribution in [0.3, 0.4) is 0 Å². The van der Waals surface area contributed by atoms with Crippen molar-refractivity contribution in [1.29, 1.82) is 0 Å². The average Bonchev–Trinajstić information content (AvgIpc) is 2.66. The monoisotopic (exact) mass is 416 g/mol. The number of carbonyl (C=O) groups is 2. The molecule has 0 spiro atoms. The van der Waals surface area contributed by atoms with Gasteiger partial charge in [-0.25, -0.2) is 0 Å². The summed E-state index contributed by atoms with van der Waals surface area (Å²) >= 11 is 0. The Hall–Kier alpha value is -2.64. The maximum atomic E-state index is 12.6. The lowest BCUT2D eigenvalue weighted by Crippen LogP contribution is -2.47. The summed E-state index contributed by atoms with van der Waals surface area (Å²) in [5, 5.41) is 13.5. The molecular formula is C22H28N2O6. The Balaban J connectivity index is 1.35. The molecule has 4 aliphatic rings. The Morgan fingerprint density at radius 3 is 2.33 bits per heavy atom. The number of amides is 1. The van der Waals surface area contributed by atoms with Crippen molar-refractivity contribution in [1.82, 2.24) is 0 Å². The third-order valence-corrected chi connectivity index (χ3v) is 7.02. The Bertz CT molecular complexity index is 832. The summed E-state index contributed by atoms with van der Waals surface area (Å²) in [5.74, 6) is 1.60. The molecule has 4 fully saturated rings. The Morgan fingerprint density at radius 2 is 1.80 bits per heavy atom. The largest absolute Gasteiger partial charge is 0.494 e. The van der Waals surface area contributed by atoms with Gasteiger partial charge in [-0.15, -0.1) is 0 Å². The van der Waals surface area contributed by atoms with Gasteiger partial charge in [-0.3, -0.25) is 19.7 Å². The van der Waals surface area contributed by atoms with Crippen LogP contribution in [-0.2, 0) is 14.3 Å². The highest BCUT2D eigenvalue weighted by molar-refractivity contribution is 5.96. The Morgan fingerprint density at radius 1 is 1.20 bits per heavy atom. The molecule has 30 heavy (non-hydrogen) atoms. The molecule has 8 nitrogen and oxygen atoms in total. The number of benzene rings is 1. The molecule has 1 aromatic carbocycles. The van der Waals surface area contributed by atoms with E-state index in [2.05, 4.69) is 5.32 Å². The minimum absolute atomic E-state index is 0.0591. The maximum absolute atomic E-state index is 12.6. The molecule has 0 radical (unpaired) electrons. The highest BCUT2D eigenvalue weighted by Gasteiger charge is 2.51. The van der Waals surface area contributed by atoms with Crippen LogP contribution >= 0.6 is 0 Å². The number of hydrogen-bond acceptors (Lipinski definition) is 6. The summed E-state index contributed by atoms with van der Waals surface area (Å²) in [6.45, 7) is 1.53. The first kappa shape index (κ1) is 20.6. The second kappa shape index (κ2) is 7.89. The fourth-order valence-electron chi connectivity index (χ4n) is 6.24. The molecule has 8 heteroatoms. The molecule has 4 aliphatic carbocycles. The SMILES string of the molecule is COc1cc([N+](=O)[O-])ccc1NC(=O)[C@H](C)OC(=O)CC12CC3CC(CC(C3)C1)C2. The zero-order valence-corrected chi connectivity index (χ0v) is 17.4. The molecule has 0 heterocycles. The number of anilines is 1. The van der Waals surface area contributed by atoms with Gasteiger partial charge in [0.1, 0.15) is 5.75 Å². The molecule has 0 aliphatic heterocycles. The molecule has 1 atom stereocenters. The standard InChI is InChI=1S/C22H28N2O6/c1-13(21(26)23-18-4-3-17(24(27)28)8-19(18)29-2)30-20(25)12-22-9-14-5-15(10-22)7-16(6-14)11-22/h3-4,8,13-16H,5-7,9-12H2,1-2H3,(H,23,26)/t13-,14?,15?,16?,22?/m0/s1. The number of nitrogens with one attached hydrogen (secondary N) is 1. The second-order valence-corrected chi connectivity index (χ2v) is 9.36. The van der Waals surface area contributed by atoms with Crippen LogP contribution in [0.4, 0.5) is 11.4 Å². The number of ether oxygens (including phenoxy) is 2. The van der Waals surface area contributed by atoms with E-state index in [1.807, 2.05) is 0 Å². The Labute approximate surface area is 175 Å². The lowest BCUT2D eigenvalue weighted by molar-refractivity contribution is -0.384. The Kier molecular flexibility index (Phi) is 5.42. The molecule has 1 N–H and O–H groups in total. The fraction of sp³-hybridized carbons (Fsp3) is 0.636. The second-order valence-electron chi connectivity index (χ2n) is 9.36. The van der Waals surface area contributed by atoms with E-state index < -0.39 is 16.9 Å². The van der Waals surface area contributed by atoms with Crippen LogP contribution in [-0.4, -0.2) is 30.0 Å². The van der Waals surface area contributed by atoms with Gasteiger partial charge in [0.05, 0.1) is 30.2 Å². The van der Waals surface area contributed by atoms with Crippen LogP contribution in [0.25, 0.3) is 0 Å². The molecule has 4 saturated carbocycles. The van der Waals surface area contributed by atoms with Gasteiger partial charge in [-0.1, -0.05) is 0 Å². The van der Waals surface area contributed by atoms with E-state index in [0.29, 0.717) is 6.42 Å². The van der Waals surface area contributed by atoms with Gasteiger partial charge in [-0.05, 0) is 74.7 Å². The zero-order chi connectivity index (χ0) is 21.5.